The summed E-state index contributed by atoms with van der Waals surface area (Å²) >= 11 is 0. The van der Waals surface area contributed by atoms with Gasteiger partial charge < -0.3 is 14.6 Å². The third-order valence-corrected chi connectivity index (χ3v) is 2.48. The molecule has 1 heterocycles. The van der Waals surface area contributed by atoms with Gasteiger partial charge in [-0.1, -0.05) is 0 Å². The molecule has 0 saturated carbocycles. The number of hydrogen-bond donors (Lipinski definition) is 1. The highest BCUT2D eigenvalue weighted by Crippen LogP contribution is 2.29. The molecular formula is C11H22O3. The molecule has 1 aliphatic rings. The predicted octanol–water partition coefficient (Wildman–Crippen LogP) is 1.73. The van der Waals surface area contributed by atoms with Crippen LogP contribution < -0.4 is 0 Å². The predicted molar refractivity (Wildman–Crippen MR) is 55.3 cm³/mol. The maximum atomic E-state index is 10.3. The molecule has 1 saturated heterocycles. The summed E-state index contributed by atoms with van der Waals surface area (Å²) < 4.78 is 11.0. The first kappa shape index (κ1) is 12.0. The fraction of sp³-hybridized carbons (Fsp3) is 1.00. The van der Waals surface area contributed by atoms with E-state index in [1.165, 1.54) is 0 Å². The fourth-order valence-corrected chi connectivity index (χ4v) is 2.09. The standard InChI is InChI=1S/C11H22O3/c1-8(2)13-7-11(12)5-9(3)14-10(4)6-11/h8-10,12H,5-7H2,1-4H3. The first-order valence-electron chi connectivity index (χ1n) is 5.41. The van der Waals surface area contributed by atoms with E-state index in [1.807, 2.05) is 27.7 Å². The monoisotopic (exact) mass is 202 g/mol. The topological polar surface area (TPSA) is 38.7 Å². The molecule has 1 rings (SSSR count). The van der Waals surface area contributed by atoms with Crippen LogP contribution in [-0.4, -0.2) is 35.6 Å². The summed E-state index contributed by atoms with van der Waals surface area (Å²) in [6.45, 7) is 8.37. The zero-order valence-electron chi connectivity index (χ0n) is 9.62. The minimum atomic E-state index is -0.693. The Morgan fingerprint density at radius 3 is 2.29 bits per heavy atom. The van der Waals surface area contributed by atoms with E-state index >= 15 is 0 Å². The lowest BCUT2D eigenvalue weighted by Gasteiger charge is -2.39. The smallest absolute Gasteiger partial charge is 0.0929 e. The Balaban J connectivity index is 2.46. The minimum Gasteiger partial charge on any atom is -0.387 e. The van der Waals surface area contributed by atoms with Crippen molar-refractivity contribution in [2.24, 2.45) is 0 Å². The molecule has 3 nitrogen and oxygen atoms in total. The van der Waals surface area contributed by atoms with Crippen LogP contribution in [0.15, 0.2) is 0 Å². The molecule has 0 bridgehead atoms. The van der Waals surface area contributed by atoms with Crippen molar-refractivity contribution in [2.75, 3.05) is 6.61 Å². The van der Waals surface area contributed by atoms with Crippen LogP contribution in [-0.2, 0) is 9.47 Å². The van der Waals surface area contributed by atoms with Crippen LogP contribution >= 0.6 is 0 Å². The molecule has 0 amide bonds. The van der Waals surface area contributed by atoms with Gasteiger partial charge in [0.1, 0.15) is 0 Å². The molecule has 0 aromatic heterocycles. The third-order valence-electron chi connectivity index (χ3n) is 2.48. The van der Waals surface area contributed by atoms with Crippen molar-refractivity contribution in [1.29, 1.82) is 0 Å². The van der Waals surface area contributed by atoms with Crippen molar-refractivity contribution >= 4 is 0 Å². The second-order valence-corrected chi connectivity index (χ2v) is 4.75. The number of hydrogen-bond acceptors (Lipinski definition) is 3. The first-order valence-corrected chi connectivity index (χ1v) is 5.41. The Hall–Kier alpha value is -0.120. The summed E-state index contributed by atoms with van der Waals surface area (Å²) in [6.07, 6.45) is 1.76. The van der Waals surface area contributed by atoms with Crippen molar-refractivity contribution in [1.82, 2.24) is 0 Å². The summed E-state index contributed by atoms with van der Waals surface area (Å²) in [5.74, 6) is 0. The van der Waals surface area contributed by atoms with Crippen LogP contribution in [0, 0.1) is 0 Å². The Bertz CT molecular complexity index is 169. The molecule has 0 aliphatic carbocycles. The van der Waals surface area contributed by atoms with E-state index < -0.39 is 5.60 Å². The summed E-state index contributed by atoms with van der Waals surface area (Å²) in [7, 11) is 0. The van der Waals surface area contributed by atoms with Gasteiger partial charge in [0.2, 0.25) is 0 Å². The SMILES string of the molecule is CC(C)OCC1(O)CC(C)OC(C)C1. The molecule has 1 fully saturated rings. The fourth-order valence-electron chi connectivity index (χ4n) is 2.09. The maximum Gasteiger partial charge on any atom is 0.0929 e. The molecule has 1 N–H and O–H groups in total. The van der Waals surface area contributed by atoms with E-state index in [9.17, 15) is 5.11 Å². The number of rotatable bonds is 3. The maximum absolute atomic E-state index is 10.3. The average molecular weight is 202 g/mol. The lowest BCUT2D eigenvalue weighted by Crippen LogP contribution is -2.47. The van der Waals surface area contributed by atoms with Crippen LogP contribution in [0.5, 0.6) is 0 Å². The zero-order valence-corrected chi connectivity index (χ0v) is 9.62. The molecule has 0 radical (unpaired) electrons. The first-order chi connectivity index (χ1) is 6.41. The minimum absolute atomic E-state index is 0.125. The Morgan fingerprint density at radius 2 is 1.86 bits per heavy atom. The van der Waals surface area contributed by atoms with E-state index in [4.69, 9.17) is 9.47 Å². The lowest BCUT2D eigenvalue weighted by atomic mass is 9.88. The average Bonchev–Trinajstić information content (AvgIpc) is 1.98. The summed E-state index contributed by atoms with van der Waals surface area (Å²) in [6, 6.07) is 0. The van der Waals surface area contributed by atoms with Gasteiger partial charge in [0.05, 0.1) is 30.5 Å². The van der Waals surface area contributed by atoms with E-state index in [0.717, 1.165) is 0 Å². The largest absolute Gasteiger partial charge is 0.387 e. The van der Waals surface area contributed by atoms with Crippen molar-refractivity contribution in [3.05, 3.63) is 0 Å². The van der Waals surface area contributed by atoms with Crippen molar-refractivity contribution in [2.45, 2.75) is 64.4 Å². The van der Waals surface area contributed by atoms with Gasteiger partial charge in [-0.15, -0.1) is 0 Å². The van der Waals surface area contributed by atoms with Gasteiger partial charge in [0.25, 0.3) is 0 Å². The van der Waals surface area contributed by atoms with Crippen LogP contribution in [0.2, 0.25) is 0 Å². The van der Waals surface area contributed by atoms with Gasteiger partial charge in [0.15, 0.2) is 0 Å². The highest BCUT2D eigenvalue weighted by molar-refractivity contribution is 4.87. The van der Waals surface area contributed by atoms with Gasteiger partial charge in [-0.05, 0) is 27.7 Å². The number of ether oxygens (including phenoxy) is 2. The second kappa shape index (κ2) is 4.60. The summed E-state index contributed by atoms with van der Waals surface area (Å²) in [4.78, 5) is 0. The van der Waals surface area contributed by atoms with Crippen molar-refractivity contribution in [3.8, 4) is 0 Å². The Kier molecular flexibility index (Phi) is 3.93. The molecule has 3 heteroatoms. The molecule has 1 aliphatic heterocycles. The Labute approximate surface area is 86.4 Å². The van der Waals surface area contributed by atoms with Crippen LogP contribution in [0.4, 0.5) is 0 Å². The van der Waals surface area contributed by atoms with Crippen molar-refractivity contribution < 1.29 is 14.6 Å². The van der Waals surface area contributed by atoms with E-state index in [1.54, 1.807) is 0 Å². The summed E-state index contributed by atoms with van der Waals surface area (Å²) in [5.41, 5.74) is -0.693. The highest BCUT2D eigenvalue weighted by Gasteiger charge is 2.37. The van der Waals surface area contributed by atoms with E-state index in [0.29, 0.717) is 19.4 Å². The molecule has 2 atom stereocenters. The van der Waals surface area contributed by atoms with Gasteiger partial charge in [-0.25, -0.2) is 0 Å². The van der Waals surface area contributed by atoms with Crippen LogP contribution in [0.25, 0.3) is 0 Å². The lowest BCUT2D eigenvalue weighted by molar-refractivity contribution is -0.162. The van der Waals surface area contributed by atoms with Gasteiger partial charge >= 0.3 is 0 Å². The Morgan fingerprint density at radius 1 is 1.36 bits per heavy atom. The molecule has 0 spiro atoms. The van der Waals surface area contributed by atoms with Crippen LogP contribution in [0.3, 0.4) is 0 Å². The van der Waals surface area contributed by atoms with Gasteiger partial charge in [0, 0.05) is 12.8 Å². The third kappa shape index (κ3) is 3.56. The highest BCUT2D eigenvalue weighted by atomic mass is 16.5. The molecule has 84 valence electrons. The molecule has 0 aromatic rings. The molecule has 14 heavy (non-hydrogen) atoms. The number of aliphatic hydroxyl groups is 1. The van der Waals surface area contributed by atoms with E-state index in [-0.39, 0.29) is 18.3 Å². The molecular weight excluding hydrogens is 180 g/mol. The van der Waals surface area contributed by atoms with Gasteiger partial charge in [-0.3, -0.25) is 0 Å². The van der Waals surface area contributed by atoms with Crippen molar-refractivity contribution in [3.63, 3.8) is 0 Å². The zero-order chi connectivity index (χ0) is 10.8. The van der Waals surface area contributed by atoms with Gasteiger partial charge in [-0.2, -0.15) is 0 Å². The second-order valence-electron chi connectivity index (χ2n) is 4.75. The normalized spacial score (nSPS) is 39.0. The molecule has 2 unspecified atom stereocenters. The molecule has 0 aromatic carbocycles. The summed E-state index contributed by atoms with van der Waals surface area (Å²) in [5, 5.41) is 10.3. The quantitative estimate of drug-likeness (QED) is 0.757. The van der Waals surface area contributed by atoms with Crippen LogP contribution in [0.1, 0.15) is 40.5 Å². The van der Waals surface area contributed by atoms with E-state index in [2.05, 4.69) is 0 Å².